The number of para-hydroxylation sites is 1. The lowest BCUT2D eigenvalue weighted by Gasteiger charge is -2.05. The Labute approximate surface area is 144 Å². The van der Waals surface area contributed by atoms with Gasteiger partial charge in [-0.3, -0.25) is 20.4 Å². The number of benzene rings is 1. The number of aryl methyl sites for hydroxylation is 2. The van der Waals surface area contributed by atoms with E-state index in [1.165, 1.54) is 11.3 Å². The van der Waals surface area contributed by atoms with Crippen LogP contribution in [0, 0.1) is 6.92 Å². The van der Waals surface area contributed by atoms with E-state index in [9.17, 15) is 9.59 Å². The average Bonchev–Trinajstić information content (AvgIpc) is 3.16. The van der Waals surface area contributed by atoms with E-state index in [1.807, 2.05) is 43.5 Å². The second-order valence-electron chi connectivity index (χ2n) is 5.58. The summed E-state index contributed by atoms with van der Waals surface area (Å²) in [6, 6.07) is 9.68. The lowest BCUT2D eigenvalue weighted by molar-refractivity contribution is -0.121. The Hall–Kier alpha value is -2.60. The molecule has 1 aromatic carbocycles. The first-order valence-electron chi connectivity index (χ1n) is 7.82. The summed E-state index contributed by atoms with van der Waals surface area (Å²) in [6.45, 7) is 4.05. The molecule has 0 fully saturated rings. The van der Waals surface area contributed by atoms with Gasteiger partial charge in [-0.1, -0.05) is 25.1 Å². The highest BCUT2D eigenvalue weighted by Gasteiger charge is 2.13. The van der Waals surface area contributed by atoms with Crippen LogP contribution >= 0.6 is 11.3 Å². The molecule has 0 aliphatic heterocycles. The summed E-state index contributed by atoms with van der Waals surface area (Å²) >= 11 is 1.44. The molecule has 0 atom stereocenters. The number of amides is 2. The Kier molecular flexibility index (Phi) is 4.66. The van der Waals surface area contributed by atoms with E-state index in [-0.39, 0.29) is 18.2 Å². The van der Waals surface area contributed by atoms with Crippen LogP contribution in [0.5, 0.6) is 0 Å². The van der Waals surface area contributed by atoms with Crippen LogP contribution in [0.15, 0.2) is 36.5 Å². The number of carbonyl (C=O) groups excluding carboxylic acids is 2. The van der Waals surface area contributed by atoms with Gasteiger partial charge in [0.2, 0.25) is 5.91 Å². The molecule has 3 aromatic rings. The van der Waals surface area contributed by atoms with E-state index < -0.39 is 0 Å². The maximum atomic E-state index is 12.1. The standard InChI is InChI=1S/C18H19N3O2S/c1-3-12-8-16(24-11(12)2)18(23)21-20-17(22)9-13-10-19-15-7-5-4-6-14(13)15/h4-8,10,19H,3,9H2,1-2H3,(H,20,22)(H,21,23). The number of rotatable bonds is 4. The van der Waals surface area contributed by atoms with E-state index in [2.05, 4.69) is 22.8 Å². The van der Waals surface area contributed by atoms with Gasteiger partial charge in [0.25, 0.3) is 5.91 Å². The van der Waals surface area contributed by atoms with Crippen molar-refractivity contribution in [1.29, 1.82) is 0 Å². The van der Waals surface area contributed by atoms with Crippen molar-refractivity contribution in [1.82, 2.24) is 15.8 Å². The molecule has 3 N–H and O–H groups in total. The quantitative estimate of drug-likeness (QED) is 0.638. The van der Waals surface area contributed by atoms with Crippen LogP contribution in [-0.2, 0) is 17.6 Å². The summed E-state index contributed by atoms with van der Waals surface area (Å²) in [7, 11) is 0. The molecule has 0 saturated carbocycles. The first kappa shape index (κ1) is 16.3. The van der Waals surface area contributed by atoms with Crippen LogP contribution in [0.3, 0.4) is 0 Å². The zero-order valence-corrected chi connectivity index (χ0v) is 14.4. The fraction of sp³-hybridized carbons (Fsp3) is 0.222. The maximum absolute atomic E-state index is 12.1. The Balaban J connectivity index is 1.60. The smallest absolute Gasteiger partial charge is 0.279 e. The van der Waals surface area contributed by atoms with Crippen molar-refractivity contribution in [2.45, 2.75) is 26.7 Å². The number of thiophene rings is 1. The number of aromatic amines is 1. The Bertz CT molecular complexity index is 895. The number of hydrogen-bond donors (Lipinski definition) is 3. The van der Waals surface area contributed by atoms with Gasteiger partial charge < -0.3 is 4.98 Å². The van der Waals surface area contributed by atoms with Gasteiger partial charge in [-0.15, -0.1) is 11.3 Å². The first-order chi connectivity index (χ1) is 11.6. The van der Waals surface area contributed by atoms with Crippen LogP contribution in [0.1, 0.15) is 32.6 Å². The summed E-state index contributed by atoms with van der Waals surface area (Å²) in [4.78, 5) is 29.1. The van der Waals surface area contributed by atoms with Crippen LogP contribution in [0.2, 0.25) is 0 Å². The number of hydrogen-bond acceptors (Lipinski definition) is 3. The van der Waals surface area contributed by atoms with Crippen molar-refractivity contribution in [2.24, 2.45) is 0 Å². The predicted octanol–water partition coefficient (Wildman–Crippen LogP) is 3.10. The van der Waals surface area contributed by atoms with E-state index in [0.717, 1.165) is 33.3 Å². The van der Waals surface area contributed by atoms with Gasteiger partial charge in [0.05, 0.1) is 11.3 Å². The lowest BCUT2D eigenvalue weighted by Crippen LogP contribution is -2.42. The van der Waals surface area contributed by atoms with Crippen LogP contribution in [0.4, 0.5) is 0 Å². The number of nitrogens with one attached hydrogen (secondary N) is 3. The van der Waals surface area contributed by atoms with Crippen molar-refractivity contribution >= 4 is 34.1 Å². The van der Waals surface area contributed by atoms with Crippen LogP contribution < -0.4 is 10.9 Å². The summed E-state index contributed by atoms with van der Waals surface area (Å²) in [5.74, 6) is -0.535. The number of hydrazine groups is 1. The molecule has 0 aliphatic carbocycles. The maximum Gasteiger partial charge on any atom is 0.279 e. The zero-order valence-electron chi connectivity index (χ0n) is 13.6. The molecule has 6 heteroatoms. The van der Waals surface area contributed by atoms with Crippen LogP contribution in [0.25, 0.3) is 10.9 Å². The van der Waals surface area contributed by atoms with Crippen molar-refractivity contribution < 1.29 is 9.59 Å². The molecule has 24 heavy (non-hydrogen) atoms. The third kappa shape index (κ3) is 3.33. The molecule has 2 aromatic heterocycles. The second-order valence-corrected chi connectivity index (χ2v) is 6.84. The molecule has 0 bridgehead atoms. The Morgan fingerprint density at radius 1 is 1.17 bits per heavy atom. The second kappa shape index (κ2) is 6.88. The highest BCUT2D eigenvalue weighted by molar-refractivity contribution is 7.14. The molecule has 0 saturated heterocycles. The van der Waals surface area contributed by atoms with Gasteiger partial charge >= 0.3 is 0 Å². The molecule has 124 valence electrons. The molecule has 3 rings (SSSR count). The number of carbonyl (C=O) groups is 2. The largest absolute Gasteiger partial charge is 0.361 e. The van der Waals surface area contributed by atoms with Crippen molar-refractivity contribution in [3.8, 4) is 0 Å². The fourth-order valence-corrected chi connectivity index (χ4v) is 3.67. The lowest BCUT2D eigenvalue weighted by atomic mass is 10.1. The van der Waals surface area contributed by atoms with Crippen molar-refractivity contribution in [2.75, 3.05) is 0 Å². The molecular formula is C18H19N3O2S. The van der Waals surface area contributed by atoms with E-state index in [1.54, 1.807) is 0 Å². The zero-order chi connectivity index (χ0) is 17.1. The fourth-order valence-electron chi connectivity index (χ4n) is 2.67. The summed E-state index contributed by atoms with van der Waals surface area (Å²) in [5, 5.41) is 1.01. The molecule has 2 amide bonds. The Morgan fingerprint density at radius 2 is 1.96 bits per heavy atom. The van der Waals surface area contributed by atoms with Gasteiger partial charge in [-0.2, -0.15) is 0 Å². The predicted molar refractivity (Wildman–Crippen MR) is 96.0 cm³/mol. The molecule has 5 nitrogen and oxygen atoms in total. The van der Waals surface area contributed by atoms with Crippen molar-refractivity contribution in [3.63, 3.8) is 0 Å². The number of H-pyrrole nitrogens is 1. The molecule has 2 heterocycles. The average molecular weight is 341 g/mol. The van der Waals surface area contributed by atoms with Gasteiger partial charge in [0.1, 0.15) is 0 Å². The summed E-state index contributed by atoms with van der Waals surface area (Å²) < 4.78 is 0. The third-order valence-electron chi connectivity index (χ3n) is 3.97. The van der Waals surface area contributed by atoms with E-state index >= 15 is 0 Å². The number of fused-ring (bicyclic) bond motifs is 1. The van der Waals surface area contributed by atoms with Crippen molar-refractivity contribution in [3.05, 3.63) is 57.4 Å². The SMILES string of the molecule is CCc1cc(C(=O)NNC(=O)Cc2c[nH]c3ccccc23)sc1C. The Morgan fingerprint density at radius 3 is 2.71 bits per heavy atom. The normalized spacial score (nSPS) is 10.8. The topological polar surface area (TPSA) is 74.0 Å². The molecule has 0 spiro atoms. The minimum absolute atomic E-state index is 0.202. The molecular weight excluding hydrogens is 322 g/mol. The highest BCUT2D eigenvalue weighted by atomic mass is 32.1. The van der Waals surface area contributed by atoms with Crippen LogP contribution in [-0.4, -0.2) is 16.8 Å². The van der Waals surface area contributed by atoms with Gasteiger partial charge in [0.15, 0.2) is 0 Å². The third-order valence-corrected chi connectivity index (χ3v) is 5.06. The van der Waals surface area contributed by atoms with Gasteiger partial charge in [-0.25, -0.2) is 0 Å². The minimum atomic E-state index is -0.282. The van der Waals surface area contributed by atoms with Gasteiger partial charge in [0, 0.05) is 22.0 Å². The highest BCUT2D eigenvalue weighted by Crippen LogP contribution is 2.21. The monoisotopic (exact) mass is 341 g/mol. The molecule has 0 aliphatic rings. The van der Waals surface area contributed by atoms with E-state index in [0.29, 0.717) is 4.88 Å². The molecule has 0 unspecified atom stereocenters. The van der Waals surface area contributed by atoms with E-state index in [4.69, 9.17) is 0 Å². The summed E-state index contributed by atoms with van der Waals surface area (Å²) in [5.41, 5.74) is 8.02. The minimum Gasteiger partial charge on any atom is -0.361 e. The summed E-state index contributed by atoms with van der Waals surface area (Å²) in [6.07, 6.45) is 2.92. The molecule has 0 radical (unpaired) electrons. The number of aromatic nitrogens is 1. The van der Waals surface area contributed by atoms with Gasteiger partial charge in [-0.05, 0) is 36.6 Å². The first-order valence-corrected chi connectivity index (χ1v) is 8.63.